The predicted octanol–water partition coefficient (Wildman–Crippen LogP) is 0.265. The standard InChI is InChI=1S/C11H15N5/c12-6-8-2-4-16-10(5-8)14-15-11(16)9-1-3-13-7-9/h2,4-5,9,13H,1,3,6-7,12H2. The minimum absolute atomic E-state index is 0.485. The third kappa shape index (κ3) is 1.48. The Morgan fingerprint density at radius 2 is 2.44 bits per heavy atom. The van der Waals surface area contributed by atoms with Gasteiger partial charge in [-0.2, -0.15) is 0 Å². The molecule has 16 heavy (non-hydrogen) atoms. The highest BCUT2D eigenvalue weighted by Gasteiger charge is 2.21. The van der Waals surface area contributed by atoms with Crippen molar-refractivity contribution < 1.29 is 0 Å². The number of hydrogen-bond donors (Lipinski definition) is 2. The summed E-state index contributed by atoms with van der Waals surface area (Å²) in [5.74, 6) is 1.54. The quantitative estimate of drug-likeness (QED) is 0.757. The van der Waals surface area contributed by atoms with E-state index in [0.29, 0.717) is 12.5 Å². The maximum atomic E-state index is 5.60. The number of pyridine rings is 1. The number of fused-ring (bicyclic) bond motifs is 1. The Balaban J connectivity index is 2.06. The van der Waals surface area contributed by atoms with Crippen LogP contribution in [0.3, 0.4) is 0 Å². The molecule has 1 aliphatic heterocycles. The summed E-state index contributed by atoms with van der Waals surface area (Å²) in [6.07, 6.45) is 3.16. The topological polar surface area (TPSA) is 68.2 Å². The van der Waals surface area contributed by atoms with Crippen molar-refractivity contribution in [3.8, 4) is 0 Å². The minimum Gasteiger partial charge on any atom is -0.326 e. The van der Waals surface area contributed by atoms with Crippen LogP contribution in [0.5, 0.6) is 0 Å². The predicted molar refractivity (Wildman–Crippen MR) is 61.1 cm³/mol. The van der Waals surface area contributed by atoms with E-state index in [-0.39, 0.29) is 0 Å². The lowest BCUT2D eigenvalue weighted by atomic mass is 10.1. The van der Waals surface area contributed by atoms with Crippen LogP contribution in [-0.4, -0.2) is 27.7 Å². The molecule has 2 aromatic rings. The van der Waals surface area contributed by atoms with Crippen LogP contribution in [0.4, 0.5) is 0 Å². The van der Waals surface area contributed by atoms with Crippen LogP contribution in [0.15, 0.2) is 18.3 Å². The summed E-state index contributed by atoms with van der Waals surface area (Å²) in [7, 11) is 0. The van der Waals surface area contributed by atoms with E-state index in [4.69, 9.17) is 5.73 Å². The van der Waals surface area contributed by atoms with Crippen LogP contribution in [0.1, 0.15) is 23.7 Å². The maximum Gasteiger partial charge on any atom is 0.161 e. The van der Waals surface area contributed by atoms with Crippen LogP contribution in [0.25, 0.3) is 5.65 Å². The fourth-order valence-corrected chi connectivity index (χ4v) is 2.23. The van der Waals surface area contributed by atoms with Gasteiger partial charge in [0.05, 0.1) is 0 Å². The van der Waals surface area contributed by atoms with E-state index in [2.05, 4.69) is 19.9 Å². The van der Waals surface area contributed by atoms with Crippen molar-refractivity contribution in [2.75, 3.05) is 13.1 Å². The smallest absolute Gasteiger partial charge is 0.161 e. The molecule has 0 bridgehead atoms. The molecule has 84 valence electrons. The average molecular weight is 217 g/mol. The van der Waals surface area contributed by atoms with E-state index < -0.39 is 0 Å². The van der Waals surface area contributed by atoms with Gasteiger partial charge >= 0.3 is 0 Å². The first kappa shape index (κ1) is 9.74. The first-order valence-electron chi connectivity index (χ1n) is 5.63. The van der Waals surface area contributed by atoms with Crippen molar-refractivity contribution in [2.24, 2.45) is 5.73 Å². The zero-order valence-corrected chi connectivity index (χ0v) is 9.06. The Morgan fingerprint density at radius 1 is 1.50 bits per heavy atom. The Morgan fingerprint density at radius 3 is 3.19 bits per heavy atom. The van der Waals surface area contributed by atoms with Gasteiger partial charge < -0.3 is 11.1 Å². The number of nitrogens with zero attached hydrogens (tertiary/aromatic N) is 3. The second kappa shape index (κ2) is 3.84. The first-order valence-corrected chi connectivity index (χ1v) is 5.63. The molecule has 3 N–H and O–H groups in total. The molecule has 1 aliphatic rings. The van der Waals surface area contributed by atoms with Crippen molar-refractivity contribution in [3.63, 3.8) is 0 Å². The normalized spacial score (nSPS) is 20.7. The molecule has 0 amide bonds. The molecule has 5 nitrogen and oxygen atoms in total. The Kier molecular flexibility index (Phi) is 2.34. The lowest BCUT2D eigenvalue weighted by Crippen LogP contribution is -2.10. The van der Waals surface area contributed by atoms with Crippen LogP contribution >= 0.6 is 0 Å². The SMILES string of the molecule is NCc1ccn2c(C3CCNC3)nnc2c1. The van der Waals surface area contributed by atoms with Gasteiger partial charge in [0.15, 0.2) is 5.65 Å². The molecule has 2 aromatic heterocycles. The van der Waals surface area contributed by atoms with E-state index in [1.54, 1.807) is 0 Å². The molecule has 0 aromatic carbocycles. The fourth-order valence-electron chi connectivity index (χ4n) is 2.23. The highest BCUT2D eigenvalue weighted by Crippen LogP contribution is 2.21. The second-order valence-electron chi connectivity index (χ2n) is 4.22. The summed E-state index contributed by atoms with van der Waals surface area (Å²) in [5, 5.41) is 11.8. The highest BCUT2D eigenvalue weighted by molar-refractivity contribution is 5.41. The van der Waals surface area contributed by atoms with Crippen LogP contribution in [0, 0.1) is 0 Å². The molecule has 1 saturated heterocycles. The molecule has 3 heterocycles. The van der Waals surface area contributed by atoms with Crippen molar-refractivity contribution in [3.05, 3.63) is 29.7 Å². The number of nitrogens with two attached hydrogens (primary N) is 1. The van der Waals surface area contributed by atoms with Crippen LogP contribution in [-0.2, 0) is 6.54 Å². The van der Waals surface area contributed by atoms with Gasteiger partial charge in [0.2, 0.25) is 0 Å². The van der Waals surface area contributed by atoms with Crippen molar-refractivity contribution in [1.29, 1.82) is 0 Å². The lowest BCUT2D eigenvalue weighted by molar-refractivity contribution is 0.691. The number of nitrogens with one attached hydrogen (secondary N) is 1. The Hall–Kier alpha value is -1.46. The zero-order chi connectivity index (χ0) is 11.0. The van der Waals surface area contributed by atoms with E-state index in [0.717, 1.165) is 36.5 Å². The molecule has 1 fully saturated rings. The van der Waals surface area contributed by atoms with Gasteiger partial charge in [0, 0.05) is 25.2 Å². The summed E-state index contributed by atoms with van der Waals surface area (Å²) in [4.78, 5) is 0. The molecule has 0 spiro atoms. The van der Waals surface area contributed by atoms with E-state index in [1.807, 2.05) is 18.3 Å². The van der Waals surface area contributed by atoms with Crippen LogP contribution in [0.2, 0.25) is 0 Å². The van der Waals surface area contributed by atoms with E-state index >= 15 is 0 Å². The zero-order valence-electron chi connectivity index (χ0n) is 9.06. The van der Waals surface area contributed by atoms with E-state index in [9.17, 15) is 0 Å². The molecule has 0 radical (unpaired) electrons. The third-order valence-electron chi connectivity index (χ3n) is 3.16. The fraction of sp³-hybridized carbons (Fsp3) is 0.455. The van der Waals surface area contributed by atoms with Crippen molar-refractivity contribution >= 4 is 5.65 Å². The molecule has 0 aliphatic carbocycles. The maximum absolute atomic E-state index is 5.60. The van der Waals surface area contributed by atoms with E-state index in [1.165, 1.54) is 0 Å². The molecule has 0 saturated carbocycles. The number of hydrogen-bond acceptors (Lipinski definition) is 4. The highest BCUT2D eigenvalue weighted by atomic mass is 15.2. The molecule has 5 heteroatoms. The monoisotopic (exact) mass is 217 g/mol. The Labute approximate surface area is 93.7 Å². The van der Waals surface area contributed by atoms with Gasteiger partial charge in [-0.15, -0.1) is 10.2 Å². The summed E-state index contributed by atoms with van der Waals surface area (Å²) >= 11 is 0. The summed E-state index contributed by atoms with van der Waals surface area (Å²) in [5.41, 5.74) is 7.59. The minimum atomic E-state index is 0.485. The van der Waals surface area contributed by atoms with Gasteiger partial charge in [-0.3, -0.25) is 4.40 Å². The van der Waals surface area contributed by atoms with Gasteiger partial charge in [0.25, 0.3) is 0 Å². The number of aromatic nitrogens is 3. The Bertz CT molecular complexity index is 498. The average Bonchev–Trinajstić information content (AvgIpc) is 2.96. The summed E-state index contributed by atoms with van der Waals surface area (Å²) in [6, 6.07) is 4.03. The molecule has 3 rings (SSSR count). The van der Waals surface area contributed by atoms with Gasteiger partial charge in [-0.1, -0.05) is 0 Å². The molecular weight excluding hydrogens is 202 g/mol. The number of rotatable bonds is 2. The third-order valence-corrected chi connectivity index (χ3v) is 3.16. The summed E-state index contributed by atoms with van der Waals surface area (Å²) < 4.78 is 2.07. The van der Waals surface area contributed by atoms with Gasteiger partial charge in [0.1, 0.15) is 5.82 Å². The van der Waals surface area contributed by atoms with Gasteiger partial charge in [-0.25, -0.2) is 0 Å². The summed E-state index contributed by atoms with van der Waals surface area (Å²) in [6.45, 7) is 2.61. The van der Waals surface area contributed by atoms with Crippen molar-refractivity contribution in [2.45, 2.75) is 18.9 Å². The van der Waals surface area contributed by atoms with Gasteiger partial charge in [-0.05, 0) is 30.7 Å². The molecule has 1 unspecified atom stereocenters. The van der Waals surface area contributed by atoms with Crippen LogP contribution < -0.4 is 11.1 Å². The molecule has 1 atom stereocenters. The van der Waals surface area contributed by atoms with Crippen molar-refractivity contribution in [1.82, 2.24) is 19.9 Å². The first-order chi connectivity index (χ1) is 7.88. The largest absolute Gasteiger partial charge is 0.326 e. The second-order valence-corrected chi connectivity index (χ2v) is 4.22. The molecular formula is C11H15N5. The lowest BCUT2D eigenvalue weighted by Gasteiger charge is -2.06.